The van der Waals surface area contributed by atoms with E-state index in [0.29, 0.717) is 25.2 Å². The number of sulfonamides is 1. The maximum atomic E-state index is 13.7. The van der Waals surface area contributed by atoms with E-state index in [0.717, 1.165) is 0 Å². The fraction of sp³-hybridized carbons (Fsp3) is 0.500. The van der Waals surface area contributed by atoms with Crippen molar-refractivity contribution < 1.29 is 17.5 Å². The van der Waals surface area contributed by atoms with Crippen LogP contribution in [0, 0.1) is 12.7 Å². The molecule has 1 atom stereocenters. The van der Waals surface area contributed by atoms with Gasteiger partial charge >= 0.3 is 0 Å². The van der Waals surface area contributed by atoms with Crippen LogP contribution in [0.15, 0.2) is 17.0 Å². The Morgan fingerprint density at radius 3 is 2.84 bits per heavy atom. The Labute approximate surface area is 112 Å². The minimum Gasteiger partial charge on any atom is -0.380 e. The van der Waals surface area contributed by atoms with Crippen molar-refractivity contribution in [2.24, 2.45) is 5.73 Å². The lowest BCUT2D eigenvalue weighted by Gasteiger charge is -2.14. The highest BCUT2D eigenvalue weighted by atomic mass is 32.2. The van der Waals surface area contributed by atoms with Gasteiger partial charge in [-0.25, -0.2) is 17.5 Å². The summed E-state index contributed by atoms with van der Waals surface area (Å²) in [5, 5.41) is 0. The molecule has 0 radical (unpaired) electrons. The highest BCUT2D eigenvalue weighted by molar-refractivity contribution is 7.89. The molecule has 19 heavy (non-hydrogen) atoms. The Morgan fingerprint density at radius 1 is 1.53 bits per heavy atom. The summed E-state index contributed by atoms with van der Waals surface area (Å²) in [5.41, 5.74) is 5.99. The molecule has 2 rings (SSSR count). The van der Waals surface area contributed by atoms with Crippen LogP contribution in [-0.2, 0) is 21.3 Å². The molecule has 0 aliphatic carbocycles. The Kier molecular flexibility index (Phi) is 4.19. The molecule has 1 unspecified atom stereocenters. The van der Waals surface area contributed by atoms with Crippen LogP contribution < -0.4 is 10.5 Å². The Morgan fingerprint density at radius 2 is 2.26 bits per heavy atom. The lowest BCUT2D eigenvalue weighted by Crippen LogP contribution is -2.35. The summed E-state index contributed by atoms with van der Waals surface area (Å²) in [7, 11) is -3.76. The number of halogens is 1. The largest absolute Gasteiger partial charge is 0.380 e. The molecule has 3 N–H and O–H groups in total. The van der Waals surface area contributed by atoms with Crippen molar-refractivity contribution in [3.05, 3.63) is 29.1 Å². The molecule has 0 saturated carbocycles. The van der Waals surface area contributed by atoms with E-state index in [1.807, 2.05) is 0 Å². The Bertz CT molecular complexity index is 569. The van der Waals surface area contributed by atoms with E-state index in [1.165, 1.54) is 19.1 Å². The zero-order chi connectivity index (χ0) is 14.0. The van der Waals surface area contributed by atoms with E-state index in [4.69, 9.17) is 10.5 Å². The second kappa shape index (κ2) is 5.54. The predicted molar refractivity (Wildman–Crippen MR) is 68.6 cm³/mol. The zero-order valence-electron chi connectivity index (χ0n) is 10.6. The first-order chi connectivity index (χ1) is 8.94. The Balaban J connectivity index is 2.36. The molecule has 0 spiro atoms. The number of rotatable bonds is 4. The van der Waals surface area contributed by atoms with Gasteiger partial charge in [0.15, 0.2) is 0 Å². The van der Waals surface area contributed by atoms with Gasteiger partial charge in [-0.2, -0.15) is 0 Å². The average Bonchev–Trinajstić information content (AvgIpc) is 2.84. The highest BCUT2D eigenvalue weighted by Gasteiger charge is 2.26. The molecule has 5 nitrogen and oxygen atoms in total. The summed E-state index contributed by atoms with van der Waals surface area (Å²) in [6.45, 7) is 2.41. The molecule has 0 amide bonds. The molecule has 0 aromatic heterocycles. The van der Waals surface area contributed by atoms with Gasteiger partial charge in [0.05, 0.1) is 11.5 Å². The maximum absolute atomic E-state index is 13.7. The van der Waals surface area contributed by atoms with Gasteiger partial charge in [0.2, 0.25) is 10.0 Å². The fourth-order valence-corrected chi connectivity index (χ4v) is 3.57. The van der Waals surface area contributed by atoms with Gasteiger partial charge in [-0.15, -0.1) is 0 Å². The molecular weight excluding hydrogens is 271 g/mol. The molecule has 1 saturated heterocycles. The summed E-state index contributed by atoms with van der Waals surface area (Å²) in [6.07, 6.45) is 0.622. The van der Waals surface area contributed by atoms with Gasteiger partial charge in [0.1, 0.15) is 5.82 Å². The van der Waals surface area contributed by atoms with Crippen molar-refractivity contribution in [1.82, 2.24) is 4.72 Å². The quantitative estimate of drug-likeness (QED) is 0.853. The second-order valence-corrected chi connectivity index (χ2v) is 6.27. The monoisotopic (exact) mass is 288 g/mol. The van der Waals surface area contributed by atoms with E-state index < -0.39 is 15.8 Å². The number of hydrogen-bond donors (Lipinski definition) is 2. The van der Waals surface area contributed by atoms with Crippen LogP contribution in [0.1, 0.15) is 17.5 Å². The SMILES string of the molecule is Cc1c(F)cc(CN)cc1S(=O)(=O)NC1CCOC1. The smallest absolute Gasteiger partial charge is 0.241 e. The summed E-state index contributed by atoms with van der Waals surface area (Å²) in [5.74, 6) is -0.564. The van der Waals surface area contributed by atoms with Crippen LogP contribution in [0.25, 0.3) is 0 Å². The van der Waals surface area contributed by atoms with Crippen molar-refractivity contribution in [3.8, 4) is 0 Å². The van der Waals surface area contributed by atoms with Crippen LogP contribution in [0.3, 0.4) is 0 Å². The minimum absolute atomic E-state index is 0.0557. The van der Waals surface area contributed by atoms with Crippen LogP contribution in [0.2, 0.25) is 0 Å². The van der Waals surface area contributed by atoms with E-state index in [9.17, 15) is 12.8 Å². The van der Waals surface area contributed by atoms with Crippen LogP contribution >= 0.6 is 0 Å². The second-order valence-electron chi connectivity index (χ2n) is 4.59. The molecule has 0 bridgehead atoms. The van der Waals surface area contributed by atoms with Crippen molar-refractivity contribution in [2.45, 2.75) is 30.8 Å². The summed E-state index contributed by atoms with van der Waals surface area (Å²) >= 11 is 0. The van der Waals surface area contributed by atoms with Crippen LogP contribution in [0.4, 0.5) is 4.39 Å². The van der Waals surface area contributed by atoms with Crippen molar-refractivity contribution in [3.63, 3.8) is 0 Å². The van der Waals surface area contributed by atoms with Crippen molar-refractivity contribution in [1.29, 1.82) is 0 Å². The van der Waals surface area contributed by atoms with E-state index >= 15 is 0 Å². The molecule has 1 fully saturated rings. The van der Waals surface area contributed by atoms with Gasteiger partial charge in [0, 0.05) is 24.8 Å². The van der Waals surface area contributed by atoms with Crippen LogP contribution in [-0.4, -0.2) is 27.7 Å². The predicted octanol–water partition coefficient (Wildman–Crippen LogP) is 0.660. The molecule has 1 aliphatic rings. The first-order valence-electron chi connectivity index (χ1n) is 6.03. The molecule has 1 aromatic carbocycles. The Hall–Kier alpha value is -1.02. The zero-order valence-corrected chi connectivity index (χ0v) is 11.5. The van der Waals surface area contributed by atoms with Crippen molar-refractivity contribution in [2.75, 3.05) is 13.2 Å². The molecular formula is C12H17FN2O3S. The number of hydrogen-bond acceptors (Lipinski definition) is 4. The van der Waals surface area contributed by atoms with Crippen molar-refractivity contribution >= 4 is 10.0 Å². The van der Waals surface area contributed by atoms with E-state index in [-0.39, 0.29) is 23.0 Å². The van der Waals surface area contributed by atoms with Gasteiger partial charge < -0.3 is 10.5 Å². The first-order valence-corrected chi connectivity index (χ1v) is 7.51. The number of benzene rings is 1. The lowest BCUT2D eigenvalue weighted by atomic mass is 10.1. The number of nitrogens with one attached hydrogen (secondary N) is 1. The van der Waals surface area contributed by atoms with Gasteiger partial charge in [-0.3, -0.25) is 0 Å². The maximum Gasteiger partial charge on any atom is 0.241 e. The topological polar surface area (TPSA) is 81.4 Å². The summed E-state index contributed by atoms with van der Waals surface area (Å²) in [6, 6.07) is 2.41. The molecule has 7 heteroatoms. The van der Waals surface area contributed by atoms with Gasteiger partial charge in [-0.05, 0) is 31.0 Å². The fourth-order valence-electron chi connectivity index (χ4n) is 2.01. The van der Waals surface area contributed by atoms with Gasteiger partial charge in [0.25, 0.3) is 0 Å². The minimum atomic E-state index is -3.76. The summed E-state index contributed by atoms with van der Waals surface area (Å²) < 4.78 is 45.9. The van der Waals surface area contributed by atoms with E-state index in [2.05, 4.69) is 4.72 Å². The summed E-state index contributed by atoms with van der Waals surface area (Å²) in [4.78, 5) is -0.0557. The third-order valence-electron chi connectivity index (χ3n) is 3.13. The number of ether oxygens (including phenoxy) is 1. The van der Waals surface area contributed by atoms with Crippen LogP contribution in [0.5, 0.6) is 0 Å². The molecule has 1 heterocycles. The highest BCUT2D eigenvalue weighted by Crippen LogP contribution is 2.21. The van der Waals surface area contributed by atoms with E-state index in [1.54, 1.807) is 0 Å². The first kappa shape index (κ1) is 14.4. The third kappa shape index (κ3) is 3.11. The normalized spacial score (nSPS) is 19.8. The molecule has 1 aliphatic heterocycles. The standard InChI is InChI=1S/C12H17FN2O3S/c1-8-11(13)4-9(6-14)5-12(8)19(16,17)15-10-2-3-18-7-10/h4-5,10,15H,2-3,6-7,14H2,1H3. The molecule has 1 aromatic rings. The third-order valence-corrected chi connectivity index (χ3v) is 4.78. The molecule has 106 valence electrons. The lowest BCUT2D eigenvalue weighted by molar-refractivity contribution is 0.192. The average molecular weight is 288 g/mol. The number of nitrogens with two attached hydrogens (primary N) is 1. The van der Waals surface area contributed by atoms with Gasteiger partial charge in [-0.1, -0.05) is 0 Å².